The molecular formula is C24H25N3O4. The summed E-state index contributed by atoms with van der Waals surface area (Å²) in [5.41, 5.74) is 7.25. The molecule has 1 aliphatic heterocycles. The fourth-order valence-corrected chi connectivity index (χ4v) is 3.83. The second-order valence-electron chi connectivity index (χ2n) is 7.74. The van der Waals surface area contributed by atoms with E-state index in [0.717, 1.165) is 18.5 Å². The first-order valence-electron chi connectivity index (χ1n) is 10.2. The first-order valence-corrected chi connectivity index (χ1v) is 10.2. The zero-order valence-corrected chi connectivity index (χ0v) is 17.1. The third-order valence-corrected chi connectivity index (χ3v) is 5.45. The number of hydrogen-bond donors (Lipinski definition) is 2. The number of nitrogens with two attached hydrogens (primary N) is 1. The Bertz CT molecular complexity index is 1090. The molecule has 0 saturated carbocycles. The normalized spacial score (nSPS) is 16.9. The summed E-state index contributed by atoms with van der Waals surface area (Å²) in [5.74, 6) is -1.05. The summed E-state index contributed by atoms with van der Waals surface area (Å²) in [6, 6.07) is 20.3. The van der Waals surface area contributed by atoms with Crippen LogP contribution in [0.15, 0.2) is 66.7 Å². The number of morpholine rings is 1. The maximum Gasteiger partial charge on any atom is 0.277 e. The molecule has 0 spiro atoms. The number of benzene rings is 3. The quantitative estimate of drug-likeness (QED) is 0.473. The number of nitrogens with zero attached hydrogens (tertiary/aromatic N) is 2. The van der Waals surface area contributed by atoms with Crippen molar-refractivity contribution in [1.29, 1.82) is 0 Å². The van der Waals surface area contributed by atoms with E-state index in [2.05, 4.69) is 17.0 Å². The third-order valence-electron chi connectivity index (χ3n) is 5.45. The molecule has 1 fully saturated rings. The van der Waals surface area contributed by atoms with Crippen molar-refractivity contribution >= 4 is 22.6 Å². The maximum absolute atomic E-state index is 12.8. The summed E-state index contributed by atoms with van der Waals surface area (Å²) in [4.78, 5) is 26.4. The van der Waals surface area contributed by atoms with Crippen molar-refractivity contribution in [2.75, 3.05) is 26.2 Å². The molecule has 0 aromatic heterocycles. The van der Waals surface area contributed by atoms with Crippen molar-refractivity contribution in [1.82, 2.24) is 9.96 Å². The van der Waals surface area contributed by atoms with Crippen molar-refractivity contribution in [2.45, 2.75) is 12.6 Å². The average Bonchev–Trinajstić information content (AvgIpc) is 2.78. The van der Waals surface area contributed by atoms with Crippen LogP contribution in [0, 0.1) is 0 Å². The molecule has 1 aliphatic rings. The number of primary amides is 1. The van der Waals surface area contributed by atoms with Gasteiger partial charge in [0.2, 0.25) is 5.91 Å². The van der Waals surface area contributed by atoms with Gasteiger partial charge in [-0.3, -0.25) is 19.7 Å². The topological polar surface area (TPSA) is 96.1 Å². The lowest BCUT2D eigenvalue weighted by atomic mass is 10.0. The molecule has 4 rings (SSSR count). The molecule has 1 atom stereocenters. The first-order chi connectivity index (χ1) is 15.0. The van der Waals surface area contributed by atoms with Gasteiger partial charge >= 0.3 is 0 Å². The van der Waals surface area contributed by atoms with Gasteiger partial charge in [-0.25, -0.2) is 5.06 Å². The first kappa shape index (κ1) is 21.0. The van der Waals surface area contributed by atoms with Crippen LogP contribution in [-0.2, 0) is 11.3 Å². The van der Waals surface area contributed by atoms with E-state index >= 15 is 0 Å². The Labute approximate surface area is 180 Å². The number of fused-ring (bicyclic) bond motifs is 1. The Morgan fingerprint density at radius 2 is 1.74 bits per heavy atom. The van der Waals surface area contributed by atoms with Crippen molar-refractivity contribution in [3.63, 3.8) is 0 Å². The molecule has 3 aromatic carbocycles. The van der Waals surface area contributed by atoms with Crippen molar-refractivity contribution in [2.24, 2.45) is 5.73 Å². The number of ether oxygens (including phenoxy) is 1. The van der Waals surface area contributed by atoms with Gasteiger partial charge in [0.25, 0.3) is 5.91 Å². The highest BCUT2D eigenvalue weighted by Crippen LogP contribution is 2.19. The van der Waals surface area contributed by atoms with Crippen LogP contribution in [0.5, 0.6) is 0 Å². The minimum Gasteiger partial charge on any atom is -0.374 e. The van der Waals surface area contributed by atoms with Crippen LogP contribution in [0.3, 0.4) is 0 Å². The molecule has 1 heterocycles. The van der Waals surface area contributed by atoms with Crippen LogP contribution in [0.1, 0.15) is 26.3 Å². The molecule has 31 heavy (non-hydrogen) atoms. The van der Waals surface area contributed by atoms with Crippen LogP contribution in [-0.4, -0.2) is 59.3 Å². The zero-order valence-electron chi connectivity index (χ0n) is 17.1. The van der Waals surface area contributed by atoms with Gasteiger partial charge in [-0.2, -0.15) is 0 Å². The predicted molar refractivity (Wildman–Crippen MR) is 117 cm³/mol. The zero-order chi connectivity index (χ0) is 21.8. The summed E-state index contributed by atoms with van der Waals surface area (Å²) in [5, 5.41) is 12.7. The second-order valence-corrected chi connectivity index (χ2v) is 7.74. The smallest absolute Gasteiger partial charge is 0.277 e. The number of hydrogen-bond acceptors (Lipinski definition) is 5. The lowest BCUT2D eigenvalue weighted by Crippen LogP contribution is -2.47. The molecule has 1 saturated heterocycles. The Balaban J connectivity index is 1.41. The molecule has 7 heteroatoms. The lowest BCUT2D eigenvalue weighted by molar-refractivity contribution is -0.111. The number of hydroxylamine groups is 2. The van der Waals surface area contributed by atoms with E-state index in [4.69, 9.17) is 10.5 Å². The Morgan fingerprint density at radius 1 is 1.03 bits per heavy atom. The van der Waals surface area contributed by atoms with Crippen LogP contribution in [0.4, 0.5) is 0 Å². The van der Waals surface area contributed by atoms with Gasteiger partial charge in [0, 0.05) is 30.8 Å². The number of carbonyl (C=O) groups excluding carboxylic acids is 2. The SMILES string of the molecule is NC(=O)c1ccc2ccc(C(=O)N(O)CC3CN(Cc4ccccc4)CCO3)cc2c1. The second kappa shape index (κ2) is 9.26. The fourth-order valence-electron chi connectivity index (χ4n) is 3.83. The van der Waals surface area contributed by atoms with Crippen LogP contribution in [0.25, 0.3) is 10.8 Å². The van der Waals surface area contributed by atoms with Gasteiger partial charge in [0.15, 0.2) is 0 Å². The number of amides is 2. The largest absolute Gasteiger partial charge is 0.374 e. The van der Waals surface area contributed by atoms with Gasteiger partial charge in [0.1, 0.15) is 0 Å². The highest BCUT2D eigenvalue weighted by atomic mass is 16.5. The summed E-state index contributed by atoms with van der Waals surface area (Å²) in [7, 11) is 0. The van der Waals surface area contributed by atoms with Gasteiger partial charge in [-0.15, -0.1) is 0 Å². The summed E-state index contributed by atoms with van der Waals surface area (Å²) in [6.07, 6.45) is -0.284. The third kappa shape index (κ3) is 5.08. The van der Waals surface area contributed by atoms with E-state index in [0.29, 0.717) is 34.7 Å². The molecule has 0 bridgehead atoms. The summed E-state index contributed by atoms with van der Waals surface area (Å²) in [6.45, 7) is 2.85. The summed E-state index contributed by atoms with van der Waals surface area (Å²) >= 11 is 0. The van der Waals surface area contributed by atoms with Gasteiger partial charge in [-0.1, -0.05) is 42.5 Å². The van der Waals surface area contributed by atoms with E-state index in [1.165, 1.54) is 5.56 Å². The van der Waals surface area contributed by atoms with Gasteiger partial charge in [0.05, 0.1) is 19.3 Å². The monoisotopic (exact) mass is 419 g/mol. The van der Waals surface area contributed by atoms with Crippen LogP contribution in [0.2, 0.25) is 0 Å². The predicted octanol–water partition coefficient (Wildman–Crippen LogP) is 2.67. The van der Waals surface area contributed by atoms with Crippen molar-refractivity contribution in [3.05, 3.63) is 83.4 Å². The van der Waals surface area contributed by atoms with E-state index in [-0.39, 0.29) is 12.6 Å². The fraction of sp³-hybridized carbons (Fsp3) is 0.250. The Kier molecular flexibility index (Phi) is 6.27. The van der Waals surface area contributed by atoms with Gasteiger partial charge < -0.3 is 10.5 Å². The van der Waals surface area contributed by atoms with Crippen molar-refractivity contribution < 1.29 is 19.5 Å². The maximum atomic E-state index is 12.8. The minimum atomic E-state index is -0.531. The lowest BCUT2D eigenvalue weighted by Gasteiger charge is -2.34. The molecule has 3 aromatic rings. The molecular weight excluding hydrogens is 394 g/mol. The molecule has 160 valence electrons. The molecule has 7 nitrogen and oxygen atoms in total. The van der Waals surface area contributed by atoms with Crippen molar-refractivity contribution in [3.8, 4) is 0 Å². The number of rotatable bonds is 6. The molecule has 2 amide bonds. The summed E-state index contributed by atoms with van der Waals surface area (Å²) < 4.78 is 5.77. The Hall–Kier alpha value is -3.26. The van der Waals surface area contributed by atoms with E-state index in [1.54, 1.807) is 36.4 Å². The standard InChI is InChI=1S/C24H25N3O4/c25-23(28)19-8-6-18-7-9-20(13-21(18)12-19)24(29)27(30)16-22-15-26(10-11-31-22)14-17-4-2-1-3-5-17/h1-9,12-13,22,30H,10-11,14-16H2,(H2,25,28). The molecule has 3 N–H and O–H groups in total. The van der Waals surface area contributed by atoms with Crippen LogP contribution < -0.4 is 5.73 Å². The van der Waals surface area contributed by atoms with E-state index < -0.39 is 11.8 Å². The van der Waals surface area contributed by atoms with E-state index in [1.807, 2.05) is 18.2 Å². The highest BCUT2D eigenvalue weighted by molar-refractivity contribution is 6.01. The van der Waals surface area contributed by atoms with E-state index in [9.17, 15) is 14.8 Å². The number of carbonyl (C=O) groups is 2. The molecule has 1 unspecified atom stereocenters. The highest BCUT2D eigenvalue weighted by Gasteiger charge is 2.25. The molecule has 0 radical (unpaired) electrons. The Morgan fingerprint density at radius 3 is 2.48 bits per heavy atom. The average molecular weight is 419 g/mol. The van der Waals surface area contributed by atoms with Crippen LogP contribution >= 0.6 is 0 Å². The molecule has 0 aliphatic carbocycles. The van der Waals surface area contributed by atoms with Gasteiger partial charge in [-0.05, 0) is 40.6 Å². The minimum absolute atomic E-state index is 0.0729.